The predicted octanol–water partition coefficient (Wildman–Crippen LogP) is 4.71. The number of ether oxygens (including phenoxy) is 1. The molecular formula is C19H14F2N4O2. The van der Waals surface area contributed by atoms with E-state index in [1.165, 1.54) is 18.5 Å². The molecule has 136 valence electrons. The number of benzene rings is 2. The minimum atomic E-state index is -0.714. The van der Waals surface area contributed by atoms with Crippen LogP contribution in [-0.2, 0) is 0 Å². The molecule has 0 aliphatic carbocycles. The van der Waals surface area contributed by atoms with Gasteiger partial charge in [0.1, 0.15) is 40.6 Å². The van der Waals surface area contributed by atoms with Crippen LogP contribution in [0.2, 0.25) is 0 Å². The quantitative estimate of drug-likeness (QED) is 0.550. The molecule has 0 bridgehead atoms. The number of aromatic nitrogens is 3. The van der Waals surface area contributed by atoms with Gasteiger partial charge in [-0.1, -0.05) is 17.3 Å². The monoisotopic (exact) mass is 368 g/mol. The summed E-state index contributed by atoms with van der Waals surface area (Å²) in [5.74, 6) is -0.405. The number of nitrogens with one attached hydrogen (secondary N) is 1. The minimum Gasteiger partial charge on any atom is -0.492 e. The summed E-state index contributed by atoms with van der Waals surface area (Å²) in [6, 6.07) is 10.5. The van der Waals surface area contributed by atoms with Crippen LogP contribution in [0.4, 0.5) is 20.3 Å². The molecule has 4 rings (SSSR count). The van der Waals surface area contributed by atoms with E-state index < -0.39 is 11.6 Å². The maximum atomic E-state index is 13.6. The van der Waals surface area contributed by atoms with Crippen molar-refractivity contribution in [1.29, 1.82) is 0 Å². The van der Waals surface area contributed by atoms with Crippen LogP contribution in [0.15, 0.2) is 53.3 Å². The van der Waals surface area contributed by atoms with Crippen molar-refractivity contribution in [3.63, 3.8) is 0 Å². The van der Waals surface area contributed by atoms with Crippen molar-refractivity contribution in [2.24, 2.45) is 0 Å². The third-order valence-electron chi connectivity index (χ3n) is 3.85. The molecule has 0 spiro atoms. The molecule has 27 heavy (non-hydrogen) atoms. The maximum Gasteiger partial charge on any atom is 0.263 e. The number of halogens is 2. The summed E-state index contributed by atoms with van der Waals surface area (Å²) in [7, 11) is 0. The fourth-order valence-corrected chi connectivity index (χ4v) is 2.75. The van der Waals surface area contributed by atoms with Gasteiger partial charge in [-0.3, -0.25) is 0 Å². The number of anilines is 2. The van der Waals surface area contributed by atoms with E-state index in [2.05, 4.69) is 20.4 Å². The Balaban J connectivity index is 1.84. The SMILES string of the molecule is CCOc1ccccc1Nc1ncnc2onc(-c3cc(F)cc(F)c3)c12. The predicted molar refractivity (Wildman–Crippen MR) is 95.8 cm³/mol. The summed E-state index contributed by atoms with van der Waals surface area (Å²) in [5, 5.41) is 7.50. The molecule has 2 aromatic carbocycles. The Hall–Kier alpha value is -3.55. The molecule has 0 radical (unpaired) electrons. The van der Waals surface area contributed by atoms with Crippen LogP contribution >= 0.6 is 0 Å². The smallest absolute Gasteiger partial charge is 0.263 e. The highest BCUT2D eigenvalue weighted by Gasteiger charge is 2.19. The van der Waals surface area contributed by atoms with Crippen LogP contribution in [0.1, 0.15) is 6.92 Å². The van der Waals surface area contributed by atoms with Crippen molar-refractivity contribution in [1.82, 2.24) is 15.1 Å². The molecule has 0 saturated heterocycles. The van der Waals surface area contributed by atoms with Gasteiger partial charge >= 0.3 is 0 Å². The number of para-hydroxylation sites is 2. The molecule has 1 N–H and O–H groups in total. The van der Waals surface area contributed by atoms with Gasteiger partial charge in [0.2, 0.25) is 0 Å². The first kappa shape index (κ1) is 16.9. The average Bonchev–Trinajstić information content (AvgIpc) is 3.08. The zero-order chi connectivity index (χ0) is 18.8. The van der Waals surface area contributed by atoms with E-state index in [0.717, 1.165) is 6.07 Å². The van der Waals surface area contributed by atoms with E-state index in [9.17, 15) is 8.78 Å². The van der Waals surface area contributed by atoms with Crippen molar-refractivity contribution in [2.75, 3.05) is 11.9 Å². The maximum absolute atomic E-state index is 13.6. The molecule has 2 aromatic heterocycles. The highest BCUT2D eigenvalue weighted by molar-refractivity contribution is 5.98. The van der Waals surface area contributed by atoms with E-state index in [0.29, 0.717) is 29.2 Å². The lowest BCUT2D eigenvalue weighted by atomic mass is 10.1. The van der Waals surface area contributed by atoms with Crippen LogP contribution in [-0.4, -0.2) is 21.7 Å². The van der Waals surface area contributed by atoms with E-state index in [1.807, 2.05) is 31.2 Å². The van der Waals surface area contributed by atoms with Gasteiger partial charge in [0.25, 0.3) is 5.71 Å². The van der Waals surface area contributed by atoms with Crippen molar-refractivity contribution in [3.8, 4) is 17.0 Å². The van der Waals surface area contributed by atoms with Crippen LogP contribution in [0.5, 0.6) is 5.75 Å². The Morgan fingerprint density at radius 3 is 2.63 bits per heavy atom. The lowest BCUT2D eigenvalue weighted by Crippen LogP contribution is -2.00. The molecule has 0 atom stereocenters. The van der Waals surface area contributed by atoms with E-state index in [4.69, 9.17) is 9.26 Å². The van der Waals surface area contributed by atoms with Crippen LogP contribution in [0.3, 0.4) is 0 Å². The number of nitrogens with zero attached hydrogens (tertiary/aromatic N) is 3. The summed E-state index contributed by atoms with van der Waals surface area (Å²) in [4.78, 5) is 8.28. The van der Waals surface area contributed by atoms with Crippen LogP contribution in [0.25, 0.3) is 22.4 Å². The second kappa shape index (κ2) is 6.99. The number of rotatable bonds is 5. The van der Waals surface area contributed by atoms with Crippen LogP contribution in [0, 0.1) is 11.6 Å². The second-order valence-electron chi connectivity index (χ2n) is 5.65. The molecular weight excluding hydrogens is 354 g/mol. The highest BCUT2D eigenvalue weighted by Crippen LogP contribution is 2.35. The third kappa shape index (κ3) is 3.29. The van der Waals surface area contributed by atoms with Gasteiger partial charge in [-0.05, 0) is 31.2 Å². The molecule has 0 aliphatic heterocycles. The summed E-state index contributed by atoms with van der Waals surface area (Å²) in [6.07, 6.45) is 1.31. The first-order chi connectivity index (χ1) is 13.2. The molecule has 2 heterocycles. The van der Waals surface area contributed by atoms with Gasteiger partial charge in [-0.15, -0.1) is 0 Å². The zero-order valence-electron chi connectivity index (χ0n) is 14.2. The Morgan fingerprint density at radius 1 is 1.07 bits per heavy atom. The van der Waals surface area contributed by atoms with Crippen LogP contribution < -0.4 is 10.1 Å². The molecule has 0 saturated carbocycles. The molecule has 0 fully saturated rings. The van der Waals surface area contributed by atoms with Crippen molar-refractivity contribution < 1.29 is 18.0 Å². The largest absolute Gasteiger partial charge is 0.492 e. The van der Waals surface area contributed by atoms with E-state index in [-0.39, 0.29) is 17.0 Å². The van der Waals surface area contributed by atoms with Gasteiger partial charge in [0.15, 0.2) is 0 Å². The summed E-state index contributed by atoms with van der Waals surface area (Å²) in [6.45, 7) is 2.38. The highest BCUT2D eigenvalue weighted by atomic mass is 19.1. The second-order valence-corrected chi connectivity index (χ2v) is 5.65. The lowest BCUT2D eigenvalue weighted by molar-refractivity contribution is 0.342. The van der Waals surface area contributed by atoms with Gasteiger partial charge in [-0.25, -0.2) is 13.8 Å². The molecule has 8 heteroatoms. The Kier molecular flexibility index (Phi) is 4.37. The molecule has 0 unspecified atom stereocenters. The number of fused-ring (bicyclic) bond motifs is 1. The van der Waals surface area contributed by atoms with E-state index >= 15 is 0 Å². The number of hydrogen-bond donors (Lipinski definition) is 1. The molecule has 0 aliphatic rings. The van der Waals surface area contributed by atoms with Crippen molar-refractivity contribution in [2.45, 2.75) is 6.92 Å². The normalized spacial score (nSPS) is 10.9. The lowest BCUT2D eigenvalue weighted by Gasteiger charge is -2.12. The van der Waals surface area contributed by atoms with Gasteiger partial charge in [0, 0.05) is 11.6 Å². The fraction of sp³-hybridized carbons (Fsp3) is 0.105. The first-order valence-electron chi connectivity index (χ1n) is 8.21. The fourth-order valence-electron chi connectivity index (χ4n) is 2.75. The van der Waals surface area contributed by atoms with Crippen molar-refractivity contribution in [3.05, 3.63) is 60.4 Å². The minimum absolute atomic E-state index is 0.195. The third-order valence-corrected chi connectivity index (χ3v) is 3.85. The Labute approximate surface area is 152 Å². The first-order valence-corrected chi connectivity index (χ1v) is 8.21. The molecule has 0 amide bonds. The molecule has 6 nitrogen and oxygen atoms in total. The summed E-state index contributed by atoms with van der Waals surface area (Å²) in [5.41, 5.74) is 1.33. The average molecular weight is 368 g/mol. The topological polar surface area (TPSA) is 73.1 Å². The van der Waals surface area contributed by atoms with Gasteiger partial charge in [0.05, 0.1) is 12.3 Å². The Morgan fingerprint density at radius 2 is 1.85 bits per heavy atom. The number of hydrogen-bond acceptors (Lipinski definition) is 6. The molecule has 4 aromatic rings. The summed E-state index contributed by atoms with van der Waals surface area (Å²) < 4.78 is 38.1. The standard InChI is InChI=1S/C19H14F2N4O2/c1-2-26-15-6-4-3-5-14(15)24-18-16-17(25-27-19(16)23-10-22-18)11-7-12(20)9-13(21)8-11/h3-10H,2H2,1H3,(H,22,23,24). The van der Waals surface area contributed by atoms with E-state index in [1.54, 1.807) is 0 Å². The summed E-state index contributed by atoms with van der Waals surface area (Å²) >= 11 is 0. The van der Waals surface area contributed by atoms with Gasteiger partial charge in [-0.2, -0.15) is 4.98 Å². The van der Waals surface area contributed by atoms with Gasteiger partial charge < -0.3 is 14.6 Å². The zero-order valence-corrected chi connectivity index (χ0v) is 14.2. The Bertz CT molecular complexity index is 1090. The van der Waals surface area contributed by atoms with Crippen molar-refractivity contribution >= 4 is 22.6 Å².